The predicted molar refractivity (Wildman–Crippen MR) is 65.1 cm³/mol. The first kappa shape index (κ1) is 11.4. The maximum Gasteiger partial charge on any atom is 0.217 e. The highest BCUT2D eigenvalue weighted by molar-refractivity contribution is 5.77. The van der Waals surface area contributed by atoms with Crippen LogP contribution < -0.4 is 11.5 Å². The second-order valence-electron chi connectivity index (χ2n) is 3.99. The number of pyridine rings is 1. The van der Waals surface area contributed by atoms with Crippen LogP contribution in [0.25, 0.3) is 11.2 Å². The topological polar surface area (TPSA) is 99.8 Å². The highest BCUT2D eigenvalue weighted by Crippen LogP contribution is 2.19. The van der Waals surface area contributed by atoms with Crippen LogP contribution in [0.15, 0.2) is 12.3 Å². The van der Waals surface area contributed by atoms with Gasteiger partial charge in [-0.3, -0.25) is 9.36 Å². The SMILES string of the molecule is Cc1ccnc2c1nc(N)n2CCCC(N)=O. The summed E-state index contributed by atoms with van der Waals surface area (Å²) in [5, 5.41) is 0. The molecule has 2 rings (SSSR count). The van der Waals surface area contributed by atoms with Crippen molar-refractivity contribution >= 4 is 23.0 Å². The zero-order valence-corrected chi connectivity index (χ0v) is 9.68. The van der Waals surface area contributed by atoms with E-state index in [0.29, 0.717) is 25.3 Å². The minimum atomic E-state index is -0.308. The summed E-state index contributed by atoms with van der Waals surface area (Å²) in [7, 11) is 0. The first-order valence-corrected chi connectivity index (χ1v) is 5.45. The Labute approximate surface area is 98.6 Å². The number of nitrogen functional groups attached to an aromatic ring is 1. The lowest BCUT2D eigenvalue weighted by molar-refractivity contribution is -0.118. The van der Waals surface area contributed by atoms with Crippen molar-refractivity contribution in [3.05, 3.63) is 17.8 Å². The van der Waals surface area contributed by atoms with E-state index in [-0.39, 0.29) is 5.91 Å². The molecule has 6 heteroatoms. The third kappa shape index (κ3) is 2.20. The number of anilines is 1. The van der Waals surface area contributed by atoms with E-state index in [4.69, 9.17) is 11.5 Å². The van der Waals surface area contributed by atoms with Crippen LogP contribution in [0.1, 0.15) is 18.4 Å². The van der Waals surface area contributed by atoms with Crippen LogP contribution in [0.4, 0.5) is 5.95 Å². The number of nitrogens with zero attached hydrogens (tertiary/aromatic N) is 3. The molecule has 2 heterocycles. The Hall–Kier alpha value is -2.11. The zero-order chi connectivity index (χ0) is 12.4. The van der Waals surface area contributed by atoms with E-state index in [1.165, 1.54) is 0 Å². The summed E-state index contributed by atoms with van der Waals surface area (Å²) in [4.78, 5) is 19.2. The number of aryl methyl sites for hydroxylation is 2. The molecule has 1 amide bonds. The number of rotatable bonds is 4. The molecule has 0 bridgehead atoms. The number of hydrogen-bond donors (Lipinski definition) is 2. The van der Waals surface area contributed by atoms with Gasteiger partial charge in [0.15, 0.2) is 5.65 Å². The number of carbonyl (C=O) groups excluding carboxylic acids is 1. The van der Waals surface area contributed by atoms with E-state index in [9.17, 15) is 4.79 Å². The van der Waals surface area contributed by atoms with Gasteiger partial charge in [0.25, 0.3) is 0 Å². The molecule has 0 aliphatic rings. The van der Waals surface area contributed by atoms with Crippen molar-refractivity contribution in [3.63, 3.8) is 0 Å². The molecule has 0 aromatic carbocycles. The fraction of sp³-hybridized carbons (Fsp3) is 0.364. The molecule has 0 aliphatic heterocycles. The quantitative estimate of drug-likeness (QED) is 0.807. The Morgan fingerprint density at radius 1 is 1.53 bits per heavy atom. The van der Waals surface area contributed by atoms with Gasteiger partial charge in [0, 0.05) is 19.2 Å². The Morgan fingerprint density at radius 2 is 2.29 bits per heavy atom. The third-order valence-electron chi connectivity index (χ3n) is 2.67. The number of aromatic nitrogens is 3. The molecule has 0 radical (unpaired) electrons. The van der Waals surface area contributed by atoms with Gasteiger partial charge in [-0.2, -0.15) is 0 Å². The molecule has 90 valence electrons. The van der Waals surface area contributed by atoms with Crippen LogP contribution in [0.3, 0.4) is 0 Å². The molecule has 0 saturated heterocycles. The summed E-state index contributed by atoms with van der Waals surface area (Å²) >= 11 is 0. The number of nitrogens with two attached hydrogens (primary N) is 2. The summed E-state index contributed by atoms with van der Waals surface area (Å²) in [5.74, 6) is 0.114. The Bertz CT molecular complexity index is 560. The Balaban J connectivity index is 2.30. The van der Waals surface area contributed by atoms with Gasteiger partial charge in [-0.15, -0.1) is 0 Å². The summed E-state index contributed by atoms with van der Waals surface area (Å²) in [6.45, 7) is 2.56. The second-order valence-corrected chi connectivity index (χ2v) is 3.99. The van der Waals surface area contributed by atoms with Gasteiger partial charge in [-0.05, 0) is 25.0 Å². The third-order valence-corrected chi connectivity index (χ3v) is 2.67. The normalized spacial score (nSPS) is 10.9. The highest BCUT2D eigenvalue weighted by Gasteiger charge is 2.10. The lowest BCUT2D eigenvalue weighted by Crippen LogP contribution is -2.12. The fourth-order valence-electron chi connectivity index (χ4n) is 1.79. The molecule has 2 aromatic rings. The van der Waals surface area contributed by atoms with Gasteiger partial charge in [0.05, 0.1) is 0 Å². The minimum absolute atomic E-state index is 0.308. The molecule has 4 N–H and O–H groups in total. The maximum atomic E-state index is 10.7. The lowest BCUT2D eigenvalue weighted by Gasteiger charge is -2.04. The van der Waals surface area contributed by atoms with Crippen molar-refractivity contribution in [1.29, 1.82) is 0 Å². The summed E-state index contributed by atoms with van der Waals surface area (Å²) in [6, 6.07) is 1.89. The highest BCUT2D eigenvalue weighted by atomic mass is 16.1. The van der Waals surface area contributed by atoms with Crippen LogP contribution in [0.2, 0.25) is 0 Å². The predicted octanol–water partition coefficient (Wildman–Crippen LogP) is 0.587. The minimum Gasteiger partial charge on any atom is -0.370 e. The average molecular weight is 233 g/mol. The second kappa shape index (κ2) is 4.40. The van der Waals surface area contributed by atoms with E-state index in [0.717, 1.165) is 16.7 Å². The molecule has 6 nitrogen and oxygen atoms in total. The Kier molecular flexibility index (Phi) is 2.95. The number of hydrogen-bond acceptors (Lipinski definition) is 4. The van der Waals surface area contributed by atoms with E-state index in [1.54, 1.807) is 6.20 Å². The van der Waals surface area contributed by atoms with Gasteiger partial charge < -0.3 is 11.5 Å². The van der Waals surface area contributed by atoms with Gasteiger partial charge >= 0.3 is 0 Å². The van der Waals surface area contributed by atoms with Gasteiger partial charge in [-0.1, -0.05) is 0 Å². The largest absolute Gasteiger partial charge is 0.370 e. The molecule has 0 saturated carbocycles. The lowest BCUT2D eigenvalue weighted by atomic mass is 10.2. The molecule has 0 atom stereocenters. The van der Waals surface area contributed by atoms with Crippen molar-refractivity contribution in [2.75, 3.05) is 5.73 Å². The standard InChI is InChI=1S/C11H15N5O/c1-7-4-5-14-10-9(7)15-11(13)16(10)6-2-3-8(12)17/h4-5H,2-3,6H2,1H3,(H2,12,17)(H2,13,15). The first-order valence-electron chi connectivity index (χ1n) is 5.45. The van der Waals surface area contributed by atoms with Crippen LogP contribution in [0, 0.1) is 6.92 Å². The molecule has 17 heavy (non-hydrogen) atoms. The Morgan fingerprint density at radius 3 is 3.00 bits per heavy atom. The van der Waals surface area contributed by atoms with E-state index >= 15 is 0 Å². The zero-order valence-electron chi connectivity index (χ0n) is 9.68. The van der Waals surface area contributed by atoms with Gasteiger partial charge in [0.1, 0.15) is 5.52 Å². The molecule has 2 aromatic heterocycles. The number of carbonyl (C=O) groups is 1. The number of primary amides is 1. The summed E-state index contributed by atoms with van der Waals surface area (Å²) in [6.07, 6.45) is 2.70. The van der Waals surface area contributed by atoms with Crippen LogP contribution in [0.5, 0.6) is 0 Å². The molecule has 0 unspecified atom stereocenters. The first-order chi connectivity index (χ1) is 8.09. The van der Waals surface area contributed by atoms with Crippen molar-refractivity contribution in [2.45, 2.75) is 26.3 Å². The molecular weight excluding hydrogens is 218 g/mol. The van der Waals surface area contributed by atoms with Gasteiger partial charge in [0.2, 0.25) is 11.9 Å². The summed E-state index contributed by atoms with van der Waals surface area (Å²) in [5.41, 5.74) is 13.5. The molecule has 0 spiro atoms. The number of amides is 1. The van der Waals surface area contributed by atoms with Gasteiger partial charge in [-0.25, -0.2) is 9.97 Å². The van der Waals surface area contributed by atoms with Crippen molar-refractivity contribution in [2.24, 2.45) is 5.73 Å². The fourth-order valence-corrected chi connectivity index (χ4v) is 1.79. The molecule has 0 fully saturated rings. The van der Waals surface area contributed by atoms with Crippen LogP contribution >= 0.6 is 0 Å². The molecule has 0 aliphatic carbocycles. The smallest absolute Gasteiger partial charge is 0.217 e. The number of fused-ring (bicyclic) bond motifs is 1. The summed E-state index contributed by atoms with van der Waals surface area (Å²) < 4.78 is 1.81. The maximum absolute atomic E-state index is 10.7. The van der Waals surface area contributed by atoms with Crippen molar-refractivity contribution < 1.29 is 4.79 Å². The van der Waals surface area contributed by atoms with Crippen LogP contribution in [-0.2, 0) is 11.3 Å². The van der Waals surface area contributed by atoms with Crippen molar-refractivity contribution in [3.8, 4) is 0 Å². The monoisotopic (exact) mass is 233 g/mol. The molecular formula is C11H15N5O. The van der Waals surface area contributed by atoms with E-state index < -0.39 is 0 Å². The van der Waals surface area contributed by atoms with E-state index in [2.05, 4.69) is 9.97 Å². The van der Waals surface area contributed by atoms with Crippen molar-refractivity contribution in [1.82, 2.24) is 14.5 Å². The average Bonchev–Trinajstić information content (AvgIpc) is 2.57. The number of imidazole rings is 1. The van der Waals surface area contributed by atoms with E-state index in [1.807, 2.05) is 17.6 Å². The van der Waals surface area contributed by atoms with Crippen LogP contribution in [-0.4, -0.2) is 20.4 Å².